The molecule has 0 spiro atoms. The van der Waals surface area contributed by atoms with Crippen LogP contribution in [0.15, 0.2) is 25.3 Å². The molecule has 1 aliphatic rings. The largest absolute Gasteiger partial charge is 0.475 e. The highest BCUT2D eigenvalue weighted by molar-refractivity contribution is 7.48. The van der Waals surface area contributed by atoms with Crippen LogP contribution in [0.1, 0.15) is 47.1 Å². The number of carbonyl (C=O) groups excluding carboxylic acids is 3. The topological polar surface area (TPSA) is 375 Å². The van der Waals surface area contributed by atoms with E-state index in [0.29, 0.717) is 0 Å². The van der Waals surface area contributed by atoms with Gasteiger partial charge in [-0.05, 0) is 27.7 Å². The number of methoxy groups -OCH3 is 1. The van der Waals surface area contributed by atoms with Crippen molar-refractivity contribution in [3.05, 3.63) is 25.3 Å². The molecule has 27 nitrogen and oxygen atoms in total. The predicted octanol–water partition coefficient (Wildman–Crippen LogP) is -0.361. The molecule has 0 amide bonds. The molecule has 5 rings (SSSR count). The Morgan fingerprint density at radius 1 is 0.952 bits per heavy atom. The third kappa shape index (κ3) is 10.6. The first-order valence-electron chi connectivity index (χ1n) is 18.4. The number of aromatic nitrogens is 8. The predicted molar refractivity (Wildman–Crippen MR) is 205 cm³/mol. The van der Waals surface area contributed by atoms with Gasteiger partial charge in [-0.15, -0.1) is 0 Å². The van der Waals surface area contributed by atoms with Crippen LogP contribution in [0.3, 0.4) is 0 Å². The van der Waals surface area contributed by atoms with E-state index in [-0.39, 0.29) is 34.0 Å². The van der Waals surface area contributed by atoms with Crippen LogP contribution in [0, 0.1) is 22.2 Å². The molecule has 7 N–H and O–H groups in total. The van der Waals surface area contributed by atoms with Crippen LogP contribution in [-0.2, 0) is 60.9 Å². The van der Waals surface area contributed by atoms with Crippen LogP contribution in [0.25, 0.3) is 22.3 Å². The standard InChI is InChI=1S/C34H46N11O16P/c1-17(47)29(44-14-42-21-25(36)38-12-40-27(21)44)60-20(49)8-57-62(52,58-11-34(9-35,32(51)53-6)10-54-18(2)48)61-24-23(55-16-56-31(50)33(3,4)5)19(7-46)59-30(24)45-15-43-22-26(37)39-13-41-28(22)45/h12-15,17,19-20,23-24,29-30,46-47,49H,7-8,10-11,16H2,1-6H3,(H2,36,38,40)(H2,37,39,41)/t17?,19-,20?,23?,24?,29-,30-,34?,62?/m1/s1. The van der Waals surface area contributed by atoms with E-state index in [2.05, 4.69) is 29.9 Å². The van der Waals surface area contributed by atoms with Gasteiger partial charge in [-0.1, -0.05) is 0 Å². The lowest BCUT2D eigenvalue weighted by atomic mass is 9.92. The molecule has 5 heterocycles. The molecule has 338 valence electrons. The molecular formula is C34H46N11O16P. The van der Waals surface area contributed by atoms with Crippen molar-refractivity contribution < 1.29 is 76.3 Å². The fraction of sp³-hybridized carbons (Fsp3) is 0.588. The molecular weight excluding hydrogens is 849 g/mol. The van der Waals surface area contributed by atoms with Gasteiger partial charge in [0, 0.05) is 6.92 Å². The van der Waals surface area contributed by atoms with Gasteiger partial charge in [0.15, 0.2) is 48.5 Å². The van der Waals surface area contributed by atoms with E-state index in [1.165, 1.54) is 28.7 Å². The molecule has 4 aromatic heterocycles. The fourth-order valence-electron chi connectivity index (χ4n) is 5.78. The quantitative estimate of drug-likeness (QED) is 0.0327. The maximum absolute atomic E-state index is 15.0. The van der Waals surface area contributed by atoms with Gasteiger partial charge in [-0.2, -0.15) is 5.26 Å². The van der Waals surface area contributed by atoms with Crippen molar-refractivity contribution in [1.82, 2.24) is 39.0 Å². The minimum absolute atomic E-state index is 0.0122. The molecule has 0 aliphatic carbocycles. The number of esters is 3. The van der Waals surface area contributed by atoms with Crippen molar-refractivity contribution in [1.29, 1.82) is 5.26 Å². The molecule has 1 fully saturated rings. The third-order valence-corrected chi connectivity index (χ3v) is 10.4. The summed E-state index contributed by atoms with van der Waals surface area (Å²) in [5, 5.41) is 42.5. The molecule has 0 saturated carbocycles. The second-order valence-electron chi connectivity index (χ2n) is 14.6. The third-order valence-electron chi connectivity index (χ3n) is 8.97. The fourth-order valence-corrected chi connectivity index (χ4v) is 7.19. The lowest BCUT2D eigenvalue weighted by molar-refractivity contribution is -0.202. The van der Waals surface area contributed by atoms with Crippen molar-refractivity contribution in [3.63, 3.8) is 0 Å². The monoisotopic (exact) mass is 895 g/mol. The zero-order valence-corrected chi connectivity index (χ0v) is 35.1. The number of anilines is 2. The first kappa shape index (κ1) is 47.5. The molecule has 1 aliphatic heterocycles. The van der Waals surface area contributed by atoms with Gasteiger partial charge in [-0.3, -0.25) is 37.1 Å². The summed E-state index contributed by atoms with van der Waals surface area (Å²) in [6.45, 7) is 2.37. The van der Waals surface area contributed by atoms with E-state index in [4.69, 9.17) is 53.5 Å². The Kier molecular flexibility index (Phi) is 15.1. The molecule has 28 heteroatoms. The van der Waals surface area contributed by atoms with E-state index in [1.54, 1.807) is 26.8 Å². The highest BCUT2D eigenvalue weighted by Crippen LogP contribution is 2.55. The van der Waals surface area contributed by atoms with Gasteiger partial charge in [0.05, 0.1) is 50.6 Å². The molecule has 9 atom stereocenters. The second kappa shape index (κ2) is 19.7. The number of imidazole rings is 2. The Labute approximate surface area is 351 Å². The first-order chi connectivity index (χ1) is 29.3. The lowest BCUT2D eigenvalue weighted by Gasteiger charge is -2.31. The number of phosphoric acid groups is 1. The summed E-state index contributed by atoms with van der Waals surface area (Å²) in [5.41, 5.74) is 8.90. The summed E-state index contributed by atoms with van der Waals surface area (Å²) in [6, 6.07) is 1.65. The number of nitriles is 1. The summed E-state index contributed by atoms with van der Waals surface area (Å²) in [7, 11) is -4.43. The highest BCUT2D eigenvalue weighted by Gasteiger charge is 2.53. The minimum atomic E-state index is -5.36. The van der Waals surface area contributed by atoms with Gasteiger partial charge in [0.25, 0.3) is 0 Å². The van der Waals surface area contributed by atoms with Crippen molar-refractivity contribution in [2.75, 3.05) is 51.8 Å². The Balaban J connectivity index is 1.53. The van der Waals surface area contributed by atoms with Gasteiger partial charge in [0.1, 0.15) is 55.2 Å². The van der Waals surface area contributed by atoms with Crippen LogP contribution in [-0.4, -0.2) is 143 Å². The van der Waals surface area contributed by atoms with Crippen LogP contribution < -0.4 is 11.5 Å². The van der Waals surface area contributed by atoms with Gasteiger partial charge in [0.2, 0.25) is 5.41 Å². The number of rotatable bonds is 20. The number of carbonyl (C=O) groups is 3. The molecule has 0 aromatic carbocycles. The zero-order valence-electron chi connectivity index (χ0n) is 34.2. The van der Waals surface area contributed by atoms with E-state index in [1.807, 2.05) is 0 Å². The van der Waals surface area contributed by atoms with Crippen LogP contribution >= 0.6 is 7.82 Å². The summed E-state index contributed by atoms with van der Waals surface area (Å²) in [4.78, 5) is 61.9. The molecule has 0 bridgehead atoms. The normalized spacial score (nSPS) is 21.4. The highest BCUT2D eigenvalue weighted by atomic mass is 31.2. The number of nitrogens with two attached hydrogens (primary N) is 2. The summed E-state index contributed by atoms with van der Waals surface area (Å²) in [5.74, 6) is -2.88. The smallest absolute Gasteiger partial charge is 0.468 e. The number of aliphatic hydroxyl groups is 3. The minimum Gasteiger partial charge on any atom is -0.468 e. The number of nitrogens with zero attached hydrogens (tertiary/aromatic N) is 9. The van der Waals surface area contributed by atoms with Crippen LogP contribution in [0.4, 0.5) is 11.6 Å². The number of hydrogen-bond donors (Lipinski definition) is 5. The number of phosphoric ester groups is 1. The maximum Gasteiger partial charge on any atom is 0.475 e. The number of hydrogen-bond acceptors (Lipinski definition) is 25. The van der Waals surface area contributed by atoms with E-state index < -0.39 is 113 Å². The maximum atomic E-state index is 15.0. The number of nitrogen functional groups attached to an aromatic ring is 2. The van der Waals surface area contributed by atoms with Gasteiger partial charge >= 0.3 is 25.7 Å². The van der Waals surface area contributed by atoms with Gasteiger partial charge < -0.3 is 55.2 Å². The van der Waals surface area contributed by atoms with Crippen molar-refractivity contribution in [2.45, 2.75) is 77.8 Å². The average Bonchev–Trinajstić information content (AvgIpc) is 3.95. The summed E-state index contributed by atoms with van der Waals surface area (Å²) in [6.07, 6.45) is -6.24. The first-order valence-corrected chi connectivity index (χ1v) is 19.9. The van der Waals surface area contributed by atoms with Crippen molar-refractivity contribution >= 4 is 59.7 Å². The summed E-state index contributed by atoms with van der Waals surface area (Å²) >= 11 is 0. The molecule has 6 unspecified atom stereocenters. The van der Waals surface area contributed by atoms with Crippen LogP contribution in [0.5, 0.6) is 0 Å². The zero-order chi connectivity index (χ0) is 45.6. The van der Waals surface area contributed by atoms with Gasteiger partial charge in [-0.25, -0.2) is 34.5 Å². The van der Waals surface area contributed by atoms with Crippen molar-refractivity contribution in [2.24, 2.45) is 10.8 Å². The van der Waals surface area contributed by atoms with Crippen molar-refractivity contribution in [3.8, 4) is 6.07 Å². The number of ether oxygens (including phenoxy) is 6. The number of aliphatic hydroxyl groups excluding tert-OH is 3. The lowest BCUT2D eigenvalue weighted by Crippen LogP contribution is -2.41. The molecule has 62 heavy (non-hydrogen) atoms. The van der Waals surface area contributed by atoms with E-state index >= 15 is 4.57 Å². The average molecular weight is 896 g/mol. The second-order valence-corrected chi connectivity index (χ2v) is 16.2. The Morgan fingerprint density at radius 3 is 2.19 bits per heavy atom. The van der Waals surface area contributed by atoms with Crippen LogP contribution in [0.2, 0.25) is 0 Å². The Hall–Kier alpha value is -5.53. The SMILES string of the molecule is COC(=O)C(C#N)(COC(C)=O)COP(=O)(OCC(O)O[C@H](C(C)O)n1cnc2c(N)ncnc21)OC1C(OCOC(=O)C(C)(C)C)[C@@H](CO)O[C@H]1n1cnc2c(N)ncnc21. The Bertz CT molecular complexity index is 2320. The van der Waals surface area contributed by atoms with E-state index in [9.17, 15) is 35.0 Å². The summed E-state index contributed by atoms with van der Waals surface area (Å²) < 4.78 is 67.5. The molecule has 1 saturated heterocycles. The van der Waals surface area contributed by atoms with E-state index in [0.717, 1.165) is 26.7 Å². The Morgan fingerprint density at radius 2 is 1.60 bits per heavy atom. The number of fused-ring (bicyclic) bond motifs is 2. The molecule has 0 radical (unpaired) electrons. The molecule has 4 aromatic rings.